The Kier molecular flexibility index (Phi) is 4.51. The molecule has 2 rings (SSSR count). The average molecular weight is 376 g/mol. The molecule has 0 radical (unpaired) electrons. The molecule has 2 aromatic carbocycles. The molecule has 0 heterocycles. The van der Waals surface area contributed by atoms with Gasteiger partial charge < -0.3 is 0 Å². The Hall–Kier alpha value is -0.740. The van der Waals surface area contributed by atoms with Crippen molar-refractivity contribution >= 4 is 31.9 Å². The third-order valence-electron chi connectivity index (χ3n) is 2.62. The smallest absolute Gasteiger partial charge is 0.127 e. The van der Waals surface area contributed by atoms with Crippen LogP contribution in [0.2, 0.25) is 0 Å². The van der Waals surface area contributed by atoms with E-state index in [1.54, 1.807) is 0 Å². The van der Waals surface area contributed by atoms with Crippen molar-refractivity contribution in [3.8, 4) is 0 Å². The molecule has 0 aliphatic heterocycles. The number of hydrogen-bond acceptors (Lipinski definition) is 0. The van der Waals surface area contributed by atoms with Gasteiger partial charge in [0.25, 0.3) is 0 Å². The highest BCUT2D eigenvalue weighted by Gasteiger charge is 2.14. The van der Waals surface area contributed by atoms with Crippen molar-refractivity contribution in [1.82, 2.24) is 0 Å². The topological polar surface area (TPSA) is 0 Å². The first-order valence-electron chi connectivity index (χ1n) is 5.40. The zero-order valence-electron chi connectivity index (χ0n) is 9.34. The summed E-state index contributed by atoms with van der Waals surface area (Å²) in [5, 5.41) is 0. The van der Waals surface area contributed by atoms with E-state index >= 15 is 0 Å². The number of halogens is 4. The van der Waals surface area contributed by atoms with Crippen LogP contribution in [0.4, 0.5) is 8.78 Å². The first-order valence-corrected chi connectivity index (χ1v) is 7.10. The Morgan fingerprint density at radius 1 is 1.00 bits per heavy atom. The van der Waals surface area contributed by atoms with Crippen LogP contribution in [0.25, 0.3) is 0 Å². The molecular formula is C14H10Br2F2. The Labute approximate surface area is 121 Å². The predicted octanol–water partition coefficient (Wildman–Crippen LogP) is 5.41. The molecule has 0 fully saturated rings. The second kappa shape index (κ2) is 5.93. The molecule has 1 unspecified atom stereocenters. The number of benzene rings is 2. The second-order valence-corrected chi connectivity index (χ2v) is 5.98. The van der Waals surface area contributed by atoms with E-state index in [9.17, 15) is 8.78 Å². The van der Waals surface area contributed by atoms with Gasteiger partial charge in [0.2, 0.25) is 0 Å². The van der Waals surface area contributed by atoms with Crippen LogP contribution in [-0.4, -0.2) is 0 Å². The fourth-order valence-electron chi connectivity index (χ4n) is 1.69. The minimum atomic E-state index is -0.424. The van der Waals surface area contributed by atoms with Crippen LogP contribution in [0.5, 0.6) is 0 Å². The summed E-state index contributed by atoms with van der Waals surface area (Å²) in [6.45, 7) is 0. The molecule has 0 aliphatic carbocycles. The Balaban J connectivity index is 2.18. The van der Waals surface area contributed by atoms with Crippen LogP contribution in [0.15, 0.2) is 46.9 Å². The van der Waals surface area contributed by atoms with Gasteiger partial charge in [-0.3, -0.25) is 0 Å². The molecule has 18 heavy (non-hydrogen) atoms. The van der Waals surface area contributed by atoms with E-state index < -0.39 is 11.6 Å². The maximum atomic E-state index is 13.6. The third kappa shape index (κ3) is 3.39. The van der Waals surface area contributed by atoms with Crippen LogP contribution < -0.4 is 0 Å². The summed E-state index contributed by atoms with van der Waals surface area (Å²) < 4.78 is 27.7. The van der Waals surface area contributed by atoms with Crippen molar-refractivity contribution in [2.24, 2.45) is 0 Å². The van der Waals surface area contributed by atoms with Gasteiger partial charge in [0.15, 0.2) is 0 Å². The average Bonchev–Trinajstić information content (AvgIpc) is 2.35. The molecule has 0 saturated heterocycles. The number of rotatable bonds is 3. The normalized spacial score (nSPS) is 12.4. The summed E-state index contributed by atoms with van der Waals surface area (Å²) in [4.78, 5) is -0.241. The lowest BCUT2D eigenvalue weighted by atomic mass is 10.0. The van der Waals surface area contributed by atoms with Gasteiger partial charge >= 0.3 is 0 Å². The minimum Gasteiger partial charge on any atom is -0.207 e. The highest BCUT2D eigenvalue weighted by atomic mass is 79.9. The van der Waals surface area contributed by atoms with E-state index in [1.807, 2.05) is 24.3 Å². The fourth-order valence-corrected chi connectivity index (χ4v) is 2.68. The maximum absolute atomic E-state index is 13.6. The molecule has 0 aliphatic rings. The van der Waals surface area contributed by atoms with E-state index in [1.165, 1.54) is 6.07 Å². The van der Waals surface area contributed by atoms with Crippen molar-refractivity contribution in [2.45, 2.75) is 11.2 Å². The van der Waals surface area contributed by atoms with Crippen LogP contribution in [-0.2, 0) is 6.42 Å². The monoisotopic (exact) mass is 374 g/mol. The second-order valence-electron chi connectivity index (χ2n) is 3.96. The molecule has 1 atom stereocenters. The van der Waals surface area contributed by atoms with Crippen molar-refractivity contribution in [3.63, 3.8) is 0 Å². The summed E-state index contributed by atoms with van der Waals surface area (Å²) in [5.74, 6) is -0.818. The molecule has 4 heteroatoms. The van der Waals surface area contributed by atoms with E-state index in [4.69, 9.17) is 0 Å². The van der Waals surface area contributed by atoms with Gasteiger partial charge in [0.05, 0.1) is 0 Å². The van der Waals surface area contributed by atoms with Gasteiger partial charge in [-0.2, -0.15) is 0 Å². The molecule has 0 spiro atoms. The zero-order valence-corrected chi connectivity index (χ0v) is 12.5. The van der Waals surface area contributed by atoms with Gasteiger partial charge in [0.1, 0.15) is 11.6 Å². The largest absolute Gasteiger partial charge is 0.207 e. The summed E-state index contributed by atoms with van der Waals surface area (Å²) in [5.41, 5.74) is 1.40. The standard InChI is InChI=1S/C14H10Br2F2/c15-10-3-1-9(2-4-10)7-13(16)12-8-11(17)5-6-14(12)18/h1-6,8,13H,7H2. The molecule has 0 amide bonds. The molecular weight excluding hydrogens is 366 g/mol. The van der Waals surface area contributed by atoms with Gasteiger partial charge in [-0.05, 0) is 42.3 Å². The SMILES string of the molecule is Fc1ccc(F)c(C(Br)Cc2ccc(Br)cc2)c1. The Bertz CT molecular complexity index is 538. The number of alkyl halides is 1. The lowest BCUT2D eigenvalue weighted by molar-refractivity contribution is 0.583. The lowest BCUT2D eigenvalue weighted by Gasteiger charge is -2.11. The molecule has 0 aromatic heterocycles. The van der Waals surface area contributed by atoms with Gasteiger partial charge in [-0.25, -0.2) is 8.78 Å². The number of hydrogen-bond donors (Lipinski definition) is 0. The highest BCUT2D eigenvalue weighted by Crippen LogP contribution is 2.29. The van der Waals surface area contributed by atoms with E-state index in [0.29, 0.717) is 12.0 Å². The maximum Gasteiger partial charge on any atom is 0.127 e. The minimum absolute atomic E-state index is 0.241. The van der Waals surface area contributed by atoms with Crippen molar-refractivity contribution in [1.29, 1.82) is 0 Å². The zero-order chi connectivity index (χ0) is 13.1. The molecule has 0 bridgehead atoms. The van der Waals surface area contributed by atoms with Gasteiger partial charge in [-0.15, -0.1) is 0 Å². The van der Waals surface area contributed by atoms with Gasteiger partial charge in [0, 0.05) is 14.9 Å². The highest BCUT2D eigenvalue weighted by molar-refractivity contribution is 9.10. The van der Waals surface area contributed by atoms with E-state index in [0.717, 1.165) is 22.2 Å². The Morgan fingerprint density at radius 2 is 1.67 bits per heavy atom. The lowest BCUT2D eigenvalue weighted by Crippen LogP contribution is -1.99. The Morgan fingerprint density at radius 3 is 2.33 bits per heavy atom. The van der Waals surface area contributed by atoms with Crippen LogP contribution in [0, 0.1) is 11.6 Å². The van der Waals surface area contributed by atoms with E-state index in [2.05, 4.69) is 31.9 Å². The quantitative estimate of drug-likeness (QED) is 0.629. The predicted molar refractivity (Wildman–Crippen MR) is 75.9 cm³/mol. The van der Waals surface area contributed by atoms with Crippen molar-refractivity contribution < 1.29 is 8.78 Å². The first kappa shape index (κ1) is 13.7. The van der Waals surface area contributed by atoms with Crippen molar-refractivity contribution in [2.75, 3.05) is 0 Å². The summed E-state index contributed by atoms with van der Waals surface area (Å²) in [6.07, 6.45) is 0.605. The first-order chi connectivity index (χ1) is 8.56. The van der Waals surface area contributed by atoms with Crippen molar-refractivity contribution in [3.05, 3.63) is 69.7 Å². The van der Waals surface area contributed by atoms with Crippen LogP contribution >= 0.6 is 31.9 Å². The van der Waals surface area contributed by atoms with Crippen LogP contribution in [0.1, 0.15) is 16.0 Å². The van der Waals surface area contributed by atoms with Crippen LogP contribution in [0.3, 0.4) is 0 Å². The molecule has 94 valence electrons. The molecule has 0 saturated carbocycles. The van der Waals surface area contributed by atoms with Gasteiger partial charge in [-0.1, -0.05) is 44.0 Å². The fraction of sp³-hybridized carbons (Fsp3) is 0.143. The molecule has 0 nitrogen and oxygen atoms in total. The summed E-state index contributed by atoms with van der Waals surface area (Å²) >= 11 is 6.76. The third-order valence-corrected chi connectivity index (χ3v) is 3.97. The van der Waals surface area contributed by atoms with E-state index in [-0.39, 0.29) is 4.83 Å². The molecule has 0 N–H and O–H groups in total. The molecule has 2 aromatic rings. The summed E-state index contributed by atoms with van der Waals surface area (Å²) in [7, 11) is 0. The summed E-state index contributed by atoms with van der Waals surface area (Å²) in [6, 6.07) is 11.3.